The van der Waals surface area contributed by atoms with Crippen LogP contribution in [0.5, 0.6) is 0 Å². The molecule has 2 saturated heterocycles. The third-order valence-corrected chi connectivity index (χ3v) is 9.30. The predicted octanol–water partition coefficient (Wildman–Crippen LogP) is 4.85. The fourth-order valence-corrected chi connectivity index (χ4v) is 6.48. The Bertz CT molecular complexity index is 1950. The molecule has 0 aromatic heterocycles. The summed E-state index contributed by atoms with van der Waals surface area (Å²) in [5.41, 5.74) is 11.4. The highest BCUT2D eigenvalue weighted by molar-refractivity contribution is 5.90. The van der Waals surface area contributed by atoms with Crippen molar-refractivity contribution in [2.24, 2.45) is 5.11 Å². The second-order valence-electron chi connectivity index (χ2n) is 13.1. The van der Waals surface area contributed by atoms with Crippen LogP contribution in [0.3, 0.4) is 0 Å². The van der Waals surface area contributed by atoms with Crippen LogP contribution in [0, 0.1) is 0 Å². The van der Waals surface area contributed by atoms with Gasteiger partial charge in [0.05, 0.1) is 24.3 Å². The smallest absolute Gasteiger partial charge is 0.338 e. The standard InChI is InChI=1S/C41H41N3O13/c1-50-40-30(43-44-42)33(51-22-25-14-6-2-7-15-25)32(29(54-40)24-53-38(48)27-18-10-4-11-19-27)56-41-36(55-39(49)28-20-12-5-13-21-28)34(31(45)35(57-41)37(46)47)52-23-26-16-8-3-9-17-26/h2-21,29-36,40-41,45H,22-24H2,1H3,(H,46,47). The minimum atomic E-state index is -1.94. The van der Waals surface area contributed by atoms with Crippen molar-refractivity contribution in [2.75, 3.05) is 13.7 Å². The van der Waals surface area contributed by atoms with E-state index in [1.54, 1.807) is 91.0 Å². The van der Waals surface area contributed by atoms with Crippen molar-refractivity contribution < 1.29 is 62.5 Å². The maximum absolute atomic E-state index is 13.6. The van der Waals surface area contributed by atoms with E-state index in [1.807, 2.05) is 18.2 Å². The van der Waals surface area contributed by atoms with Crippen molar-refractivity contribution in [1.82, 2.24) is 0 Å². The highest BCUT2D eigenvalue weighted by Gasteiger charge is 2.55. The van der Waals surface area contributed by atoms with Crippen LogP contribution in [0.15, 0.2) is 126 Å². The summed E-state index contributed by atoms with van der Waals surface area (Å²) < 4.78 is 48.5. The van der Waals surface area contributed by atoms with E-state index in [4.69, 9.17) is 37.9 Å². The van der Waals surface area contributed by atoms with E-state index in [-0.39, 0.29) is 24.3 Å². The number of carbonyl (C=O) groups is 3. The van der Waals surface area contributed by atoms with Crippen LogP contribution in [0.1, 0.15) is 31.8 Å². The van der Waals surface area contributed by atoms with E-state index in [2.05, 4.69) is 10.0 Å². The zero-order valence-electron chi connectivity index (χ0n) is 30.7. The van der Waals surface area contributed by atoms with Gasteiger partial charge in [-0.1, -0.05) is 102 Å². The number of rotatable bonds is 16. The average Bonchev–Trinajstić information content (AvgIpc) is 3.24. The van der Waals surface area contributed by atoms with Gasteiger partial charge in [-0.15, -0.1) is 0 Å². The summed E-state index contributed by atoms with van der Waals surface area (Å²) in [6.07, 6.45) is -13.9. The first-order valence-corrected chi connectivity index (χ1v) is 18.0. The lowest BCUT2D eigenvalue weighted by Gasteiger charge is -2.48. The lowest BCUT2D eigenvalue weighted by Crippen LogP contribution is -2.66. The fourth-order valence-electron chi connectivity index (χ4n) is 6.48. The minimum Gasteiger partial charge on any atom is -0.479 e. The Balaban J connectivity index is 1.39. The maximum atomic E-state index is 13.6. The molecule has 10 unspecified atom stereocenters. The molecule has 0 saturated carbocycles. The van der Waals surface area contributed by atoms with Gasteiger partial charge in [0.1, 0.15) is 43.2 Å². The van der Waals surface area contributed by atoms with Gasteiger partial charge in [0.15, 0.2) is 24.8 Å². The number of esters is 2. The van der Waals surface area contributed by atoms with Crippen molar-refractivity contribution in [3.8, 4) is 0 Å². The Morgan fingerprint density at radius 3 is 1.75 bits per heavy atom. The molecule has 0 amide bonds. The fraction of sp³-hybridized carbons (Fsp3) is 0.341. The van der Waals surface area contributed by atoms with Crippen molar-refractivity contribution in [3.63, 3.8) is 0 Å². The normalized spacial score (nSPS) is 27.1. The number of hydrogen-bond acceptors (Lipinski definition) is 13. The molecule has 0 spiro atoms. The molecule has 10 atom stereocenters. The molecule has 4 aromatic rings. The number of aliphatic hydroxyl groups excluding tert-OH is 1. The Kier molecular flexibility index (Phi) is 14.3. The number of benzene rings is 4. The van der Waals surface area contributed by atoms with Crippen molar-refractivity contribution in [2.45, 2.75) is 74.6 Å². The number of hydrogen-bond donors (Lipinski definition) is 2. The van der Waals surface area contributed by atoms with Gasteiger partial charge in [-0.25, -0.2) is 14.4 Å². The first kappa shape index (κ1) is 41.0. The molecule has 298 valence electrons. The second kappa shape index (κ2) is 20.0. The van der Waals surface area contributed by atoms with Gasteiger partial charge in [-0.3, -0.25) is 0 Å². The number of nitrogens with zero attached hydrogens (tertiary/aromatic N) is 3. The Hall–Kier alpha value is -5.68. The molecule has 0 aliphatic carbocycles. The summed E-state index contributed by atoms with van der Waals surface area (Å²) in [5.74, 6) is -3.12. The van der Waals surface area contributed by atoms with Gasteiger partial charge >= 0.3 is 17.9 Å². The number of methoxy groups -OCH3 is 1. The molecule has 0 radical (unpaired) electrons. The van der Waals surface area contributed by atoms with Gasteiger partial charge in [0, 0.05) is 12.0 Å². The van der Waals surface area contributed by atoms with Crippen LogP contribution in [0.25, 0.3) is 10.4 Å². The maximum Gasteiger partial charge on any atom is 0.338 e. The van der Waals surface area contributed by atoms with Gasteiger partial charge in [0.25, 0.3) is 0 Å². The second-order valence-corrected chi connectivity index (χ2v) is 13.1. The number of carbonyl (C=O) groups excluding carboxylic acids is 2. The number of aliphatic hydroxyl groups is 1. The highest BCUT2D eigenvalue weighted by atomic mass is 16.8. The van der Waals surface area contributed by atoms with E-state index in [0.717, 1.165) is 5.56 Å². The van der Waals surface area contributed by atoms with Crippen LogP contribution >= 0.6 is 0 Å². The van der Waals surface area contributed by atoms with Gasteiger partial charge in [-0.05, 0) is 40.9 Å². The van der Waals surface area contributed by atoms with E-state index in [0.29, 0.717) is 5.56 Å². The summed E-state index contributed by atoms with van der Waals surface area (Å²) in [6, 6.07) is 32.9. The van der Waals surface area contributed by atoms with Crippen LogP contribution < -0.4 is 0 Å². The quantitative estimate of drug-likeness (QED) is 0.0674. The largest absolute Gasteiger partial charge is 0.479 e. The SMILES string of the molecule is COC1OC(COC(=O)c2ccccc2)C(OC2OC(C(=O)O)C(O)C(OCc3ccccc3)C2OC(=O)c2ccccc2)C(OCc2ccccc2)C1N=[N+]=[N-]. The van der Waals surface area contributed by atoms with Gasteiger partial charge in [-0.2, -0.15) is 0 Å². The lowest BCUT2D eigenvalue weighted by atomic mass is 9.95. The van der Waals surface area contributed by atoms with Gasteiger partial charge in [0.2, 0.25) is 0 Å². The number of ether oxygens (including phenoxy) is 8. The molecule has 2 heterocycles. The number of carboxylic acids is 1. The summed E-state index contributed by atoms with van der Waals surface area (Å²) >= 11 is 0. The first-order valence-electron chi connectivity index (χ1n) is 18.0. The van der Waals surface area contributed by atoms with E-state index >= 15 is 0 Å². The molecule has 57 heavy (non-hydrogen) atoms. The zero-order valence-corrected chi connectivity index (χ0v) is 30.7. The molecule has 2 aliphatic heterocycles. The topological polar surface area (TPSA) is 214 Å². The zero-order chi connectivity index (χ0) is 40.1. The van der Waals surface area contributed by atoms with Crippen LogP contribution in [0.4, 0.5) is 0 Å². The van der Waals surface area contributed by atoms with Crippen LogP contribution in [-0.4, -0.2) is 103 Å². The number of azide groups is 1. The summed E-state index contributed by atoms with van der Waals surface area (Å²) in [5, 5.41) is 25.6. The van der Waals surface area contributed by atoms with Crippen LogP contribution in [0.2, 0.25) is 0 Å². The molecular formula is C41H41N3O13. The first-order chi connectivity index (χ1) is 27.8. The number of aliphatic carboxylic acids is 1. The molecule has 0 bridgehead atoms. The molecule has 6 rings (SSSR count). The third kappa shape index (κ3) is 10.4. The monoisotopic (exact) mass is 783 g/mol. The number of carboxylic acid groups (broad SMARTS) is 1. The van der Waals surface area contributed by atoms with Gasteiger partial charge < -0.3 is 48.1 Å². The Morgan fingerprint density at radius 1 is 0.702 bits per heavy atom. The van der Waals surface area contributed by atoms with Crippen molar-refractivity contribution in [3.05, 3.63) is 154 Å². The molecule has 16 nitrogen and oxygen atoms in total. The van der Waals surface area contributed by atoms with E-state index < -0.39 is 85.9 Å². The summed E-state index contributed by atoms with van der Waals surface area (Å²) in [7, 11) is 1.32. The minimum absolute atomic E-state index is 0.0347. The lowest BCUT2D eigenvalue weighted by molar-refractivity contribution is -0.347. The molecule has 16 heteroatoms. The van der Waals surface area contributed by atoms with E-state index in [1.165, 1.54) is 19.2 Å². The molecule has 2 fully saturated rings. The molecule has 4 aromatic carbocycles. The Labute approximate surface area is 327 Å². The van der Waals surface area contributed by atoms with Crippen molar-refractivity contribution in [1.29, 1.82) is 0 Å². The van der Waals surface area contributed by atoms with E-state index in [9.17, 15) is 30.1 Å². The summed E-state index contributed by atoms with van der Waals surface area (Å²) in [6.45, 7) is -0.623. The Morgan fingerprint density at radius 2 is 1.23 bits per heavy atom. The predicted molar refractivity (Wildman–Crippen MR) is 198 cm³/mol. The molecular weight excluding hydrogens is 742 g/mol. The molecule has 2 aliphatic rings. The summed E-state index contributed by atoms with van der Waals surface area (Å²) in [4.78, 5) is 42.4. The van der Waals surface area contributed by atoms with Crippen LogP contribution in [-0.2, 0) is 55.9 Å². The van der Waals surface area contributed by atoms with Crippen molar-refractivity contribution >= 4 is 17.9 Å². The highest BCUT2D eigenvalue weighted by Crippen LogP contribution is 2.35. The average molecular weight is 784 g/mol. The third-order valence-electron chi connectivity index (χ3n) is 9.30. The molecule has 2 N–H and O–H groups in total.